The Balaban J connectivity index is 1.52. The van der Waals surface area contributed by atoms with Crippen molar-refractivity contribution in [1.29, 1.82) is 0 Å². The van der Waals surface area contributed by atoms with Gasteiger partial charge >= 0.3 is 0 Å². The van der Waals surface area contributed by atoms with Gasteiger partial charge in [0.15, 0.2) is 0 Å². The van der Waals surface area contributed by atoms with Crippen LogP contribution in [0.3, 0.4) is 0 Å². The number of rotatable bonds is 10. The highest BCUT2D eigenvalue weighted by atomic mass is 16.3. The predicted molar refractivity (Wildman–Crippen MR) is 100 cm³/mol. The van der Waals surface area contributed by atoms with Crippen molar-refractivity contribution in [3.63, 3.8) is 0 Å². The highest BCUT2D eigenvalue weighted by molar-refractivity contribution is 5.15. The Hall–Kier alpha value is -2.25. The van der Waals surface area contributed by atoms with Crippen LogP contribution in [0.5, 0.6) is 0 Å². The van der Waals surface area contributed by atoms with E-state index in [0.717, 1.165) is 63.5 Å². The standard InChI is InChI=1S/C19H29N5O2/c25-8-2-6-16-10-23(14-20-16)12-18-4-1-5-19(22-18)13-24-11-17(21-15-24)7-3-9-26/h1,4-5,10-11,20-21,25-26H,2-3,6-9,12-15H2. The third kappa shape index (κ3) is 5.37. The Bertz CT molecular complexity index is 595. The van der Waals surface area contributed by atoms with Gasteiger partial charge in [-0.2, -0.15) is 0 Å². The van der Waals surface area contributed by atoms with E-state index in [9.17, 15) is 0 Å². The molecule has 0 aromatic carbocycles. The summed E-state index contributed by atoms with van der Waals surface area (Å²) in [7, 11) is 0. The molecule has 0 bridgehead atoms. The van der Waals surface area contributed by atoms with Gasteiger partial charge < -0.3 is 30.6 Å². The average molecular weight is 359 g/mol. The molecule has 2 aliphatic rings. The summed E-state index contributed by atoms with van der Waals surface area (Å²) in [5.74, 6) is 0. The molecule has 1 aromatic rings. The highest BCUT2D eigenvalue weighted by Gasteiger charge is 2.14. The lowest BCUT2D eigenvalue weighted by atomic mass is 10.2. The second kappa shape index (κ2) is 9.45. The van der Waals surface area contributed by atoms with E-state index in [1.165, 1.54) is 11.4 Å². The molecular formula is C19H29N5O2. The average Bonchev–Trinajstić information content (AvgIpc) is 3.28. The summed E-state index contributed by atoms with van der Waals surface area (Å²) in [6.45, 7) is 3.59. The van der Waals surface area contributed by atoms with Crippen molar-refractivity contribution in [2.45, 2.75) is 38.8 Å². The molecule has 0 amide bonds. The van der Waals surface area contributed by atoms with E-state index in [-0.39, 0.29) is 13.2 Å². The molecule has 7 heteroatoms. The van der Waals surface area contributed by atoms with Crippen LogP contribution in [0.1, 0.15) is 37.1 Å². The van der Waals surface area contributed by atoms with E-state index in [4.69, 9.17) is 15.2 Å². The van der Waals surface area contributed by atoms with Crippen LogP contribution in [0, 0.1) is 0 Å². The normalized spacial score (nSPS) is 16.4. The fourth-order valence-corrected chi connectivity index (χ4v) is 3.20. The molecule has 3 rings (SSSR count). The molecule has 0 fully saturated rings. The van der Waals surface area contributed by atoms with Gasteiger partial charge in [0, 0.05) is 37.0 Å². The fraction of sp³-hybridized carbons (Fsp3) is 0.526. The summed E-state index contributed by atoms with van der Waals surface area (Å²) >= 11 is 0. The van der Waals surface area contributed by atoms with Gasteiger partial charge in [-0.25, -0.2) is 0 Å². The third-order valence-corrected chi connectivity index (χ3v) is 4.50. The Morgan fingerprint density at radius 2 is 1.35 bits per heavy atom. The van der Waals surface area contributed by atoms with Crippen LogP contribution >= 0.6 is 0 Å². The number of nitrogens with one attached hydrogen (secondary N) is 2. The van der Waals surface area contributed by atoms with E-state index in [2.05, 4.69) is 51.0 Å². The van der Waals surface area contributed by atoms with Gasteiger partial charge in [0.25, 0.3) is 0 Å². The first-order chi connectivity index (χ1) is 12.8. The number of hydrogen-bond acceptors (Lipinski definition) is 7. The summed E-state index contributed by atoms with van der Waals surface area (Å²) in [5.41, 5.74) is 4.47. The van der Waals surface area contributed by atoms with Gasteiger partial charge in [0.05, 0.1) is 37.8 Å². The molecule has 0 radical (unpaired) electrons. The number of hydrogen-bond donors (Lipinski definition) is 4. The topological polar surface area (TPSA) is 83.9 Å². The molecule has 0 saturated carbocycles. The predicted octanol–water partition coefficient (Wildman–Crippen LogP) is 1.03. The molecule has 2 aliphatic heterocycles. The Labute approximate surface area is 155 Å². The van der Waals surface area contributed by atoms with Crippen molar-refractivity contribution >= 4 is 0 Å². The first-order valence-electron chi connectivity index (χ1n) is 9.30. The Kier molecular flexibility index (Phi) is 6.74. The number of aliphatic hydroxyl groups excluding tert-OH is 2. The van der Waals surface area contributed by atoms with Crippen molar-refractivity contribution in [1.82, 2.24) is 25.4 Å². The molecule has 1 aromatic heterocycles. The lowest BCUT2D eigenvalue weighted by Crippen LogP contribution is -2.23. The minimum absolute atomic E-state index is 0.226. The summed E-state index contributed by atoms with van der Waals surface area (Å²) in [6.07, 6.45) is 7.60. The van der Waals surface area contributed by atoms with Crippen LogP contribution in [0.25, 0.3) is 0 Å². The summed E-state index contributed by atoms with van der Waals surface area (Å²) in [6, 6.07) is 6.19. The molecule has 0 aliphatic carbocycles. The molecule has 142 valence electrons. The minimum atomic E-state index is 0.226. The second-order valence-corrected chi connectivity index (χ2v) is 6.75. The number of pyridine rings is 1. The minimum Gasteiger partial charge on any atom is -0.396 e. The molecule has 0 saturated heterocycles. The van der Waals surface area contributed by atoms with Crippen LogP contribution in [-0.2, 0) is 13.1 Å². The number of aliphatic hydroxyl groups is 2. The maximum atomic E-state index is 8.93. The van der Waals surface area contributed by atoms with E-state index in [1.807, 2.05) is 0 Å². The highest BCUT2D eigenvalue weighted by Crippen LogP contribution is 2.15. The second-order valence-electron chi connectivity index (χ2n) is 6.75. The van der Waals surface area contributed by atoms with E-state index in [1.54, 1.807) is 0 Å². The largest absolute Gasteiger partial charge is 0.396 e. The quantitative estimate of drug-likeness (QED) is 0.497. The Morgan fingerprint density at radius 1 is 0.846 bits per heavy atom. The van der Waals surface area contributed by atoms with Crippen LogP contribution in [0.15, 0.2) is 42.0 Å². The fourth-order valence-electron chi connectivity index (χ4n) is 3.20. The van der Waals surface area contributed by atoms with E-state index >= 15 is 0 Å². The molecule has 26 heavy (non-hydrogen) atoms. The smallest absolute Gasteiger partial charge is 0.0873 e. The van der Waals surface area contributed by atoms with Gasteiger partial charge in [-0.05, 0) is 37.8 Å². The van der Waals surface area contributed by atoms with Crippen LogP contribution in [0.2, 0.25) is 0 Å². The van der Waals surface area contributed by atoms with Crippen molar-refractivity contribution < 1.29 is 10.2 Å². The van der Waals surface area contributed by atoms with E-state index in [0.29, 0.717) is 0 Å². The van der Waals surface area contributed by atoms with Gasteiger partial charge in [0.1, 0.15) is 0 Å². The lowest BCUT2D eigenvalue weighted by molar-refractivity contribution is 0.287. The molecular weight excluding hydrogens is 330 g/mol. The van der Waals surface area contributed by atoms with Gasteiger partial charge in [-0.15, -0.1) is 0 Å². The molecule has 0 atom stereocenters. The van der Waals surface area contributed by atoms with Gasteiger partial charge in [-0.1, -0.05) is 6.07 Å². The number of aromatic nitrogens is 1. The molecule has 4 N–H and O–H groups in total. The van der Waals surface area contributed by atoms with Gasteiger partial charge in [0.2, 0.25) is 0 Å². The summed E-state index contributed by atoms with van der Waals surface area (Å²) in [4.78, 5) is 9.22. The SMILES string of the molecule is OCCCC1=CN(Cc2cccc(CN3C=C(CCCO)NC3)n2)CN1. The summed E-state index contributed by atoms with van der Waals surface area (Å²) < 4.78 is 0. The zero-order valence-electron chi connectivity index (χ0n) is 15.2. The molecule has 0 unspecified atom stereocenters. The number of allylic oxidation sites excluding steroid dienone is 2. The molecule has 3 heterocycles. The first-order valence-corrected chi connectivity index (χ1v) is 9.30. The van der Waals surface area contributed by atoms with Crippen molar-refractivity contribution in [2.24, 2.45) is 0 Å². The summed E-state index contributed by atoms with van der Waals surface area (Å²) in [5, 5.41) is 24.6. The monoisotopic (exact) mass is 359 g/mol. The van der Waals surface area contributed by atoms with Crippen LogP contribution in [-0.4, -0.2) is 51.5 Å². The zero-order valence-corrected chi connectivity index (χ0v) is 15.2. The van der Waals surface area contributed by atoms with Gasteiger partial charge in [-0.3, -0.25) is 4.98 Å². The third-order valence-electron chi connectivity index (χ3n) is 4.50. The first kappa shape index (κ1) is 18.5. The van der Waals surface area contributed by atoms with Crippen molar-refractivity contribution in [2.75, 3.05) is 26.6 Å². The Morgan fingerprint density at radius 3 is 1.81 bits per heavy atom. The maximum Gasteiger partial charge on any atom is 0.0873 e. The lowest BCUT2D eigenvalue weighted by Gasteiger charge is -2.16. The van der Waals surface area contributed by atoms with Crippen molar-refractivity contribution in [3.8, 4) is 0 Å². The molecule has 0 spiro atoms. The molecule has 7 nitrogen and oxygen atoms in total. The van der Waals surface area contributed by atoms with Crippen LogP contribution < -0.4 is 10.6 Å². The number of nitrogens with zero attached hydrogens (tertiary/aromatic N) is 3. The maximum absolute atomic E-state index is 8.93. The van der Waals surface area contributed by atoms with Crippen molar-refractivity contribution in [3.05, 3.63) is 53.4 Å². The zero-order chi connectivity index (χ0) is 18.2. The van der Waals surface area contributed by atoms with E-state index < -0.39 is 0 Å². The van der Waals surface area contributed by atoms with Crippen LogP contribution in [0.4, 0.5) is 0 Å².